The molecule has 2 bridgehead atoms. The quantitative estimate of drug-likeness (QED) is 0.781. The van der Waals surface area contributed by atoms with E-state index >= 15 is 0 Å². The average Bonchev–Trinajstić information content (AvgIpc) is 2.92. The lowest BCUT2D eigenvalue weighted by Crippen LogP contribution is -2.43. The molecule has 19 heavy (non-hydrogen) atoms. The van der Waals surface area contributed by atoms with Gasteiger partial charge in [-0.25, -0.2) is 0 Å². The summed E-state index contributed by atoms with van der Waals surface area (Å²) in [6.07, 6.45) is 3.17. The van der Waals surface area contributed by atoms with Crippen LogP contribution in [0.5, 0.6) is 0 Å². The molecule has 0 aliphatic carbocycles. The zero-order valence-electron chi connectivity index (χ0n) is 11.7. The van der Waals surface area contributed by atoms with Crippen LogP contribution in [0.15, 0.2) is 0 Å². The number of carbonyl (C=O) groups excluding carboxylic acids is 1. The van der Waals surface area contributed by atoms with Crippen molar-refractivity contribution in [3.63, 3.8) is 0 Å². The molecule has 4 unspecified atom stereocenters. The van der Waals surface area contributed by atoms with E-state index in [0.29, 0.717) is 18.9 Å². The highest BCUT2D eigenvalue weighted by atomic mass is 16.4. The van der Waals surface area contributed by atoms with Crippen molar-refractivity contribution in [3.8, 4) is 0 Å². The van der Waals surface area contributed by atoms with E-state index < -0.39 is 5.97 Å². The van der Waals surface area contributed by atoms with Gasteiger partial charge in [0.05, 0.1) is 11.8 Å². The van der Waals surface area contributed by atoms with Crippen LogP contribution in [-0.4, -0.2) is 40.5 Å². The number of fused-ring (bicyclic) bond motifs is 2. The largest absolute Gasteiger partial charge is 0.481 e. The maximum atomic E-state index is 12.6. The van der Waals surface area contributed by atoms with Crippen LogP contribution in [0.25, 0.3) is 0 Å². The second-order valence-electron chi connectivity index (χ2n) is 6.29. The molecule has 3 N–H and O–H groups in total. The summed E-state index contributed by atoms with van der Waals surface area (Å²) < 4.78 is 0. The molecule has 2 fully saturated rings. The first-order valence-corrected chi connectivity index (χ1v) is 7.20. The molecular formula is C14H24N2O3. The highest BCUT2D eigenvalue weighted by Gasteiger charge is 2.52. The first-order valence-electron chi connectivity index (χ1n) is 7.20. The van der Waals surface area contributed by atoms with E-state index in [9.17, 15) is 14.7 Å². The number of rotatable bonds is 5. The van der Waals surface area contributed by atoms with Crippen LogP contribution in [0.1, 0.15) is 39.5 Å². The Labute approximate surface area is 114 Å². The minimum atomic E-state index is -0.766. The summed E-state index contributed by atoms with van der Waals surface area (Å²) in [7, 11) is 0. The highest BCUT2D eigenvalue weighted by molar-refractivity contribution is 5.82. The fourth-order valence-corrected chi connectivity index (χ4v) is 3.68. The zero-order chi connectivity index (χ0) is 14.2. The number of nitrogens with zero attached hydrogens (tertiary/aromatic N) is 1. The maximum absolute atomic E-state index is 12.6. The normalized spacial score (nSPS) is 30.9. The summed E-state index contributed by atoms with van der Waals surface area (Å²) in [5.74, 6) is -0.797. The zero-order valence-corrected chi connectivity index (χ0v) is 11.7. The molecule has 0 aromatic heterocycles. The molecule has 0 saturated carbocycles. The Kier molecular flexibility index (Phi) is 4.13. The fourth-order valence-electron chi connectivity index (χ4n) is 3.68. The van der Waals surface area contributed by atoms with Gasteiger partial charge in [0, 0.05) is 18.6 Å². The second kappa shape index (κ2) is 5.49. The van der Waals surface area contributed by atoms with Crippen LogP contribution in [0.2, 0.25) is 0 Å². The standard InChI is InChI=1S/C14H24N2O3/c1-8(2)5-9(7-15)13(17)16-10-3-4-12(16)11(6-10)14(18)19/h8-12H,3-7,15H2,1-2H3,(H,18,19). The number of carboxylic acid groups (broad SMARTS) is 1. The van der Waals surface area contributed by atoms with Gasteiger partial charge in [-0.15, -0.1) is 0 Å². The number of amides is 1. The van der Waals surface area contributed by atoms with Crippen LogP contribution in [0, 0.1) is 17.8 Å². The van der Waals surface area contributed by atoms with Crippen molar-refractivity contribution in [2.24, 2.45) is 23.5 Å². The van der Waals surface area contributed by atoms with E-state index in [0.717, 1.165) is 19.3 Å². The Balaban J connectivity index is 2.09. The minimum absolute atomic E-state index is 0.0763. The Bertz CT molecular complexity index is 370. The van der Waals surface area contributed by atoms with Gasteiger partial charge in [0.25, 0.3) is 0 Å². The molecule has 2 aliphatic rings. The fraction of sp³-hybridized carbons (Fsp3) is 0.857. The van der Waals surface area contributed by atoms with Crippen LogP contribution >= 0.6 is 0 Å². The summed E-state index contributed by atoms with van der Waals surface area (Å²) in [6.45, 7) is 4.51. The van der Waals surface area contributed by atoms with Crippen LogP contribution < -0.4 is 5.73 Å². The summed E-state index contributed by atoms with van der Waals surface area (Å²) >= 11 is 0. The van der Waals surface area contributed by atoms with Gasteiger partial charge in [0.15, 0.2) is 0 Å². The second-order valence-corrected chi connectivity index (χ2v) is 6.29. The molecule has 108 valence electrons. The van der Waals surface area contributed by atoms with Crippen molar-refractivity contribution in [2.75, 3.05) is 6.54 Å². The summed E-state index contributed by atoms with van der Waals surface area (Å²) in [6, 6.07) is 0.0241. The van der Waals surface area contributed by atoms with Crippen molar-refractivity contribution in [1.29, 1.82) is 0 Å². The number of hydrogen-bond donors (Lipinski definition) is 2. The van der Waals surface area contributed by atoms with Gasteiger partial charge in [-0.2, -0.15) is 0 Å². The van der Waals surface area contributed by atoms with E-state index in [-0.39, 0.29) is 29.8 Å². The van der Waals surface area contributed by atoms with Crippen molar-refractivity contribution in [3.05, 3.63) is 0 Å². The van der Waals surface area contributed by atoms with Gasteiger partial charge in [0.1, 0.15) is 0 Å². The molecule has 4 atom stereocenters. The van der Waals surface area contributed by atoms with E-state index in [1.54, 1.807) is 0 Å². The van der Waals surface area contributed by atoms with Gasteiger partial charge < -0.3 is 15.7 Å². The molecule has 0 radical (unpaired) electrons. The summed E-state index contributed by atoms with van der Waals surface area (Å²) in [5, 5.41) is 9.21. The summed E-state index contributed by atoms with van der Waals surface area (Å²) in [5.41, 5.74) is 5.73. The van der Waals surface area contributed by atoms with Crippen LogP contribution in [0.3, 0.4) is 0 Å². The van der Waals surface area contributed by atoms with Crippen molar-refractivity contribution in [2.45, 2.75) is 51.6 Å². The maximum Gasteiger partial charge on any atom is 0.308 e. The van der Waals surface area contributed by atoms with E-state index in [2.05, 4.69) is 13.8 Å². The molecule has 0 spiro atoms. The molecule has 5 heteroatoms. The third kappa shape index (κ3) is 2.61. The number of nitrogens with two attached hydrogens (primary N) is 1. The Morgan fingerprint density at radius 3 is 2.53 bits per heavy atom. The molecular weight excluding hydrogens is 244 g/mol. The van der Waals surface area contributed by atoms with Gasteiger partial charge in [0.2, 0.25) is 5.91 Å². The van der Waals surface area contributed by atoms with Gasteiger partial charge in [-0.05, 0) is 31.6 Å². The Hall–Kier alpha value is -1.10. The number of carboxylic acids is 1. The highest BCUT2D eigenvalue weighted by Crippen LogP contribution is 2.42. The average molecular weight is 268 g/mol. The first-order chi connectivity index (χ1) is 8.95. The minimum Gasteiger partial charge on any atom is -0.481 e. The SMILES string of the molecule is CC(C)CC(CN)C(=O)N1C2CCC1C(C(=O)O)C2. The van der Waals surface area contributed by atoms with E-state index in [4.69, 9.17) is 5.73 Å². The molecule has 2 saturated heterocycles. The molecule has 2 rings (SSSR count). The third-order valence-electron chi connectivity index (χ3n) is 4.50. The summed E-state index contributed by atoms with van der Waals surface area (Å²) in [4.78, 5) is 25.7. The van der Waals surface area contributed by atoms with Crippen LogP contribution in [-0.2, 0) is 9.59 Å². The predicted molar refractivity (Wildman–Crippen MR) is 71.4 cm³/mol. The molecule has 2 aliphatic heterocycles. The lowest BCUT2D eigenvalue weighted by atomic mass is 9.89. The number of aliphatic carboxylic acids is 1. The Morgan fingerprint density at radius 1 is 1.37 bits per heavy atom. The van der Waals surface area contributed by atoms with Crippen molar-refractivity contribution < 1.29 is 14.7 Å². The third-order valence-corrected chi connectivity index (χ3v) is 4.50. The van der Waals surface area contributed by atoms with Crippen molar-refractivity contribution in [1.82, 2.24) is 4.90 Å². The lowest BCUT2D eigenvalue weighted by Gasteiger charge is -2.28. The first kappa shape index (κ1) is 14.3. The molecule has 0 aromatic carbocycles. The Morgan fingerprint density at radius 2 is 2.05 bits per heavy atom. The molecule has 2 heterocycles. The van der Waals surface area contributed by atoms with Gasteiger partial charge in [-0.3, -0.25) is 9.59 Å². The van der Waals surface area contributed by atoms with E-state index in [1.165, 1.54) is 0 Å². The number of carbonyl (C=O) groups is 2. The monoisotopic (exact) mass is 268 g/mol. The van der Waals surface area contributed by atoms with Gasteiger partial charge in [-0.1, -0.05) is 13.8 Å². The lowest BCUT2D eigenvalue weighted by molar-refractivity contribution is -0.143. The molecule has 1 amide bonds. The predicted octanol–water partition coefficient (Wildman–Crippen LogP) is 1.07. The van der Waals surface area contributed by atoms with Crippen molar-refractivity contribution >= 4 is 11.9 Å². The molecule has 0 aromatic rings. The van der Waals surface area contributed by atoms with Crippen LogP contribution in [0.4, 0.5) is 0 Å². The van der Waals surface area contributed by atoms with Gasteiger partial charge >= 0.3 is 5.97 Å². The number of hydrogen-bond acceptors (Lipinski definition) is 3. The molecule has 5 nitrogen and oxygen atoms in total. The van der Waals surface area contributed by atoms with E-state index in [1.807, 2.05) is 4.90 Å². The smallest absolute Gasteiger partial charge is 0.308 e. The topological polar surface area (TPSA) is 83.6 Å².